The molecule has 0 bridgehead atoms. The lowest BCUT2D eigenvalue weighted by molar-refractivity contribution is -0.135. The largest absolute Gasteiger partial charge is 0.341 e. The van der Waals surface area contributed by atoms with Gasteiger partial charge >= 0.3 is 0 Å². The van der Waals surface area contributed by atoms with Crippen LogP contribution in [-0.4, -0.2) is 53.4 Å². The van der Waals surface area contributed by atoms with E-state index < -0.39 is 0 Å². The molecule has 0 saturated carbocycles. The summed E-state index contributed by atoms with van der Waals surface area (Å²) in [6.07, 6.45) is 4.69. The predicted molar refractivity (Wildman–Crippen MR) is 105 cm³/mol. The summed E-state index contributed by atoms with van der Waals surface area (Å²) >= 11 is 0. The zero-order valence-electron chi connectivity index (χ0n) is 15.6. The summed E-state index contributed by atoms with van der Waals surface area (Å²) in [5.41, 5.74) is 8.91. The number of carbonyl (C=O) groups excluding carboxylic acids is 1. The van der Waals surface area contributed by atoms with Gasteiger partial charge in [-0.1, -0.05) is 30.3 Å². The Morgan fingerprint density at radius 3 is 2.67 bits per heavy atom. The Kier molecular flexibility index (Phi) is 5.77. The van der Waals surface area contributed by atoms with Gasteiger partial charge in [0.2, 0.25) is 5.91 Å². The Balaban J connectivity index is 1.38. The highest BCUT2D eigenvalue weighted by Gasteiger charge is 2.36. The standard InChI is InChI=1S/C21H27N5O/c27-21(19-15-23-24-20(19)18-5-2-1-3-6-18)26-12-4-11-25(13-14-26)16-17-7-9-22-10-8-17/h1-3,5-10,19-20,23-24H,4,11-16H2. The highest BCUT2D eigenvalue weighted by Crippen LogP contribution is 2.26. The van der Waals surface area contributed by atoms with E-state index in [0.29, 0.717) is 6.54 Å². The summed E-state index contributed by atoms with van der Waals surface area (Å²) < 4.78 is 0. The third kappa shape index (κ3) is 4.35. The highest BCUT2D eigenvalue weighted by molar-refractivity contribution is 5.80. The average Bonchev–Trinajstić information content (AvgIpc) is 3.10. The Hall–Kier alpha value is -2.28. The zero-order valence-corrected chi connectivity index (χ0v) is 15.6. The van der Waals surface area contributed by atoms with Gasteiger partial charge in [0.25, 0.3) is 0 Å². The first-order valence-corrected chi connectivity index (χ1v) is 9.74. The second kappa shape index (κ2) is 8.61. The molecule has 0 aliphatic carbocycles. The normalized spacial score (nSPS) is 23.9. The number of aromatic nitrogens is 1. The molecule has 2 N–H and O–H groups in total. The van der Waals surface area contributed by atoms with Crippen molar-refractivity contribution in [3.8, 4) is 0 Å². The second-order valence-corrected chi connectivity index (χ2v) is 7.33. The van der Waals surface area contributed by atoms with Crippen LogP contribution in [0.25, 0.3) is 0 Å². The molecule has 6 heteroatoms. The minimum absolute atomic E-state index is 0.0369. The summed E-state index contributed by atoms with van der Waals surface area (Å²) in [6, 6.07) is 14.4. The zero-order chi connectivity index (χ0) is 18.5. The summed E-state index contributed by atoms with van der Waals surface area (Å²) in [5, 5.41) is 0. The molecule has 3 heterocycles. The average molecular weight is 365 g/mol. The van der Waals surface area contributed by atoms with Gasteiger partial charge in [-0.3, -0.25) is 20.1 Å². The van der Waals surface area contributed by atoms with Crippen LogP contribution in [0.1, 0.15) is 23.6 Å². The van der Waals surface area contributed by atoms with Gasteiger partial charge in [-0.05, 0) is 29.7 Å². The molecule has 1 aromatic heterocycles. The van der Waals surface area contributed by atoms with Gasteiger partial charge in [0.05, 0.1) is 12.0 Å². The Morgan fingerprint density at radius 2 is 1.85 bits per heavy atom. The number of nitrogens with zero attached hydrogens (tertiary/aromatic N) is 3. The SMILES string of the molecule is O=C(C1CNNC1c1ccccc1)N1CCCN(Cc2ccncc2)CC1. The molecule has 0 radical (unpaired) electrons. The maximum Gasteiger partial charge on any atom is 0.229 e. The lowest BCUT2D eigenvalue weighted by atomic mass is 9.93. The highest BCUT2D eigenvalue weighted by atomic mass is 16.2. The molecule has 1 amide bonds. The van der Waals surface area contributed by atoms with Crippen molar-refractivity contribution in [2.24, 2.45) is 5.92 Å². The number of nitrogens with one attached hydrogen (secondary N) is 2. The lowest BCUT2D eigenvalue weighted by Crippen LogP contribution is -2.41. The maximum absolute atomic E-state index is 13.2. The molecule has 2 aliphatic heterocycles. The third-order valence-electron chi connectivity index (χ3n) is 5.51. The van der Waals surface area contributed by atoms with Gasteiger partial charge in [0.15, 0.2) is 0 Å². The van der Waals surface area contributed by atoms with E-state index in [1.54, 1.807) is 0 Å². The van der Waals surface area contributed by atoms with Crippen LogP contribution in [-0.2, 0) is 11.3 Å². The van der Waals surface area contributed by atoms with Crippen LogP contribution in [0.4, 0.5) is 0 Å². The van der Waals surface area contributed by atoms with Crippen LogP contribution in [0.3, 0.4) is 0 Å². The predicted octanol–water partition coefficient (Wildman–Crippen LogP) is 1.58. The van der Waals surface area contributed by atoms with Gasteiger partial charge < -0.3 is 4.90 Å². The van der Waals surface area contributed by atoms with Crippen molar-refractivity contribution in [1.29, 1.82) is 0 Å². The van der Waals surface area contributed by atoms with Gasteiger partial charge in [-0.15, -0.1) is 0 Å². The van der Waals surface area contributed by atoms with Crippen molar-refractivity contribution in [3.63, 3.8) is 0 Å². The molecule has 142 valence electrons. The number of hydrogen-bond donors (Lipinski definition) is 2. The Labute approximate surface area is 160 Å². The fraction of sp³-hybridized carbons (Fsp3) is 0.429. The minimum atomic E-state index is -0.0563. The molecule has 2 aromatic rings. The van der Waals surface area contributed by atoms with Crippen molar-refractivity contribution < 1.29 is 4.79 Å². The first-order valence-electron chi connectivity index (χ1n) is 9.74. The maximum atomic E-state index is 13.2. The fourth-order valence-electron chi connectivity index (χ4n) is 4.03. The molecule has 2 unspecified atom stereocenters. The summed E-state index contributed by atoms with van der Waals surface area (Å²) in [5.74, 6) is 0.200. The van der Waals surface area contributed by atoms with Crippen LogP contribution < -0.4 is 10.9 Å². The molecule has 2 saturated heterocycles. The van der Waals surface area contributed by atoms with Gasteiger partial charge in [-0.25, -0.2) is 5.43 Å². The van der Waals surface area contributed by atoms with Gasteiger partial charge in [0, 0.05) is 51.7 Å². The lowest BCUT2D eigenvalue weighted by Gasteiger charge is -2.27. The number of rotatable bonds is 4. The van der Waals surface area contributed by atoms with E-state index in [1.807, 2.05) is 30.6 Å². The Morgan fingerprint density at radius 1 is 1.04 bits per heavy atom. The first-order chi connectivity index (χ1) is 13.3. The van der Waals surface area contributed by atoms with Crippen LogP contribution >= 0.6 is 0 Å². The molecule has 2 aliphatic rings. The topological polar surface area (TPSA) is 60.5 Å². The number of hydrogen-bond acceptors (Lipinski definition) is 5. The Bertz CT molecular complexity index is 739. The molecule has 1 aromatic carbocycles. The van der Waals surface area contributed by atoms with Crippen LogP contribution in [0.2, 0.25) is 0 Å². The van der Waals surface area contributed by atoms with Crippen LogP contribution in [0.15, 0.2) is 54.9 Å². The fourth-order valence-corrected chi connectivity index (χ4v) is 4.03. The molecule has 2 fully saturated rings. The van der Waals surface area contributed by atoms with Crippen molar-refractivity contribution in [3.05, 3.63) is 66.0 Å². The van der Waals surface area contributed by atoms with Gasteiger partial charge in [0.1, 0.15) is 0 Å². The summed E-state index contributed by atoms with van der Waals surface area (Å²) in [4.78, 5) is 21.8. The number of benzene rings is 1. The monoisotopic (exact) mass is 365 g/mol. The number of amides is 1. The van der Waals surface area contributed by atoms with Crippen LogP contribution in [0, 0.1) is 5.92 Å². The van der Waals surface area contributed by atoms with E-state index in [-0.39, 0.29) is 17.9 Å². The van der Waals surface area contributed by atoms with Gasteiger partial charge in [-0.2, -0.15) is 0 Å². The van der Waals surface area contributed by atoms with Crippen molar-refractivity contribution >= 4 is 5.91 Å². The molecule has 0 spiro atoms. The van der Waals surface area contributed by atoms with E-state index in [0.717, 1.165) is 44.7 Å². The van der Waals surface area contributed by atoms with E-state index >= 15 is 0 Å². The number of hydrazine groups is 1. The van der Waals surface area contributed by atoms with Crippen molar-refractivity contribution in [2.45, 2.75) is 19.0 Å². The molecular weight excluding hydrogens is 338 g/mol. The summed E-state index contributed by atoms with van der Waals surface area (Å²) in [7, 11) is 0. The van der Waals surface area contributed by atoms with E-state index in [9.17, 15) is 4.79 Å². The van der Waals surface area contributed by atoms with Crippen molar-refractivity contribution in [2.75, 3.05) is 32.7 Å². The van der Waals surface area contributed by atoms with E-state index in [4.69, 9.17) is 0 Å². The third-order valence-corrected chi connectivity index (χ3v) is 5.51. The second-order valence-electron chi connectivity index (χ2n) is 7.33. The number of carbonyl (C=O) groups is 1. The first kappa shape index (κ1) is 18.1. The van der Waals surface area contributed by atoms with Crippen molar-refractivity contribution in [1.82, 2.24) is 25.6 Å². The minimum Gasteiger partial charge on any atom is -0.341 e. The number of pyridine rings is 1. The molecule has 6 nitrogen and oxygen atoms in total. The summed E-state index contributed by atoms with van der Waals surface area (Å²) in [6.45, 7) is 5.16. The molecule has 2 atom stereocenters. The molecule has 27 heavy (non-hydrogen) atoms. The van der Waals surface area contributed by atoms with Crippen LogP contribution in [0.5, 0.6) is 0 Å². The quantitative estimate of drug-likeness (QED) is 0.862. The smallest absolute Gasteiger partial charge is 0.229 e. The van der Waals surface area contributed by atoms with E-state index in [2.05, 4.69) is 49.9 Å². The molecular formula is C21H27N5O. The molecule has 4 rings (SSSR count). The van der Waals surface area contributed by atoms with E-state index in [1.165, 1.54) is 5.56 Å².